The highest BCUT2D eigenvalue weighted by Crippen LogP contribution is 2.36. The van der Waals surface area contributed by atoms with Gasteiger partial charge in [-0.15, -0.1) is 0 Å². The summed E-state index contributed by atoms with van der Waals surface area (Å²) in [5.74, 6) is 1.02. The fourth-order valence-corrected chi connectivity index (χ4v) is 2.34. The maximum absolute atomic E-state index is 6.25. The van der Waals surface area contributed by atoms with Crippen LogP contribution < -0.4 is 10.5 Å². The number of nitrogens with two attached hydrogens (primary N) is 1. The highest BCUT2D eigenvalue weighted by atomic mass is 16.5. The molecule has 0 radical (unpaired) electrons. The van der Waals surface area contributed by atoms with Crippen LogP contribution in [0.4, 0.5) is 0 Å². The monoisotopic (exact) mass is 233 g/mol. The van der Waals surface area contributed by atoms with Gasteiger partial charge < -0.3 is 10.5 Å². The Hall–Kier alpha value is -1.02. The Morgan fingerprint density at radius 1 is 1.29 bits per heavy atom. The normalized spacial score (nSPS) is 20.4. The summed E-state index contributed by atoms with van der Waals surface area (Å²) in [5, 5.41) is 0. The summed E-state index contributed by atoms with van der Waals surface area (Å²) in [5.41, 5.74) is 10.1. The summed E-state index contributed by atoms with van der Waals surface area (Å²) in [6.45, 7) is 9.61. The highest BCUT2D eigenvalue weighted by Gasteiger charge is 2.22. The summed E-state index contributed by atoms with van der Waals surface area (Å²) in [6, 6.07) is 4.59. The van der Waals surface area contributed by atoms with E-state index in [2.05, 4.69) is 39.8 Å². The molecule has 0 saturated carbocycles. The lowest BCUT2D eigenvalue weighted by molar-refractivity contribution is 0.314. The third kappa shape index (κ3) is 2.47. The van der Waals surface area contributed by atoms with E-state index in [1.165, 1.54) is 16.7 Å². The molecule has 1 aromatic carbocycles. The predicted octanol–water partition coefficient (Wildman–Crippen LogP) is 3.46. The third-order valence-corrected chi connectivity index (χ3v) is 3.47. The van der Waals surface area contributed by atoms with Crippen molar-refractivity contribution in [2.24, 2.45) is 5.73 Å². The maximum atomic E-state index is 6.25. The zero-order valence-corrected chi connectivity index (χ0v) is 11.3. The Kier molecular flexibility index (Phi) is 3.17. The molecule has 1 atom stereocenters. The van der Waals surface area contributed by atoms with Crippen molar-refractivity contribution in [2.45, 2.75) is 52.0 Å². The van der Waals surface area contributed by atoms with Gasteiger partial charge in [0.2, 0.25) is 0 Å². The number of hydrogen-bond acceptors (Lipinski definition) is 2. The molecule has 0 aromatic heterocycles. The first-order valence-corrected chi connectivity index (χ1v) is 6.43. The van der Waals surface area contributed by atoms with Gasteiger partial charge in [-0.05, 0) is 42.4 Å². The Morgan fingerprint density at radius 3 is 2.65 bits per heavy atom. The molecule has 1 aliphatic heterocycles. The molecule has 0 fully saturated rings. The van der Waals surface area contributed by atoms with Gasteiger partial charge in [0, 0.05) is 11.6 Å². The minimum Gasteiger partial charge on any atom is -0.493 e. The van der Waals surface area contributed by atoms with E-state index in [9.17, 15) is 0 Å². The molecule has 0 saturated heterocycles. The van der Waals surface area contributed by atoms with Crippen LogP contribution in [0.1, 0.15) is 56.3 Å². The summed E-state index contributed by atoms with van der Waals surface area (Å²) in [4.78, 5) is 0. The number of benzene rings is 1. The van der Waals surface area contributed by atoms with E-state index in [0.29, 0.717) is 0 Å². The van der Waals surface area contributed by atoms with E-state index >= 15 is 0 Å². The van der Waals surface area contributed by atoms with Gasteiger partial charge in [0.25, 0.3) is 0 Å². The van der Waals surface area contributed by atoms with E-state index in [1.54, 1.807) is 0 Å². The van der Waals surface area contributed by atoms with Gasteiger partial charge in [-0.25, -0.2) is 0 Å². The number of fused-ring (bicyclic) bond motifs is 1. The van der Waals surface area contributed by atoms with Crippen LogP contribution in [0.15, 0.2) is 12.1 Å². The van der Waals surface area contributed by atoms with E-state index < -0.39 is 0 Å². The van der Waals surface area contributed by atoms with Gasteiger partial charge in [-0.2, -0.15) is 0 Å². The van der Waals surface area contributed by atoms with Crippen LogP contribution in [0, 0.1) is 6.92 Å². The molecule has 0 spiro atoms. The van der Waals surface area contributed by atoms with Gasteiger partial charge >= 0.3 is 0 Å². The Morgan fingerprint density at radius 2 is 2.00 bits per heavy atom. The zero-order chi connectivity index (χ0) is 12.6. The second-order valence-electron chi connectivity index (χ2n) is 6.06. The SMILES string of the molecule is Cc1cc(C(C)(C)C)cc2c1OCCC[C@H]2N. The standard InChI is InChI=1S/C15H23NO/c1-10-8-11(15(2,3)4)9-12-13(16)6-5-7-17-14(10)12/h8-9,13H,5-7,16H2,1-4H3/t13-/m1/s1. The van der Waals surface area contributed by atoms with E-state index in [1.807, 2.05) is 0 Å². The average Bonchev–Trinajstić information content (AvgIpc) is 2.40. The fourth-order valence-electron chi connectivity index (χ4n) is 2.34. The molecular weight excluding hydrogens is 210 g/mol. The minimum absolute atomic E-state index is 0.119. The molecule has 2 rings (SSSR count). The van der Waals surface area contributed by atoms with Crippen LogP contribution >= 0.6 is 0 Å². The molecule has 0 unspecified atom stereocenters. The van der Waals surface area contributed by atoms with Gasteiger partial charge in [0.05, 0.1) is 6.61 Å². The number of hydrogen-bond donors (Lipinski definition) is 1. The lowest BCUT2D eigenvalue weighted by Crippen LogP contribution is -2.15. The quantitative estimate of drug-likeness (QED) is 0.744. The molecule has 2 N–H and O–H groups in total. The van der Waals surface area contributed by atoms with Gasteiger partial charge in [0.1, 0.15) is 5.75 Å². The minimum atomic E-state index is 0.119. The van der Waals surface area contributed by atoms with E-state index in [0.717, 1.165) is 25.2 Å². The van der Waals surface area contributed by atoms with E-state index in [4.69, 9.17) is 10.5 Å². The molecule has 2 nitrogen and oxygen atoms in total. The molecule has 2 heteroatoms. The second kappa shape index (κ2) is 4.34. The van der Waals surface area contributed by atoms with Gasteiger partial charge in [0.15, 0.2) is 0 Å². The third-order valence-electron chi connectivity index (χ3n) is 3.47. The molecule has 94 valence electrons. The van der Waals surface area contributed by atoms with Crippen molar-refractivity contribution >= 4 is 0 Å². The predicted molar refractivity (Wildman–Crippen MR) is 71.5 cm³/mol. The lowest BCUT2D eigenvalue weighted by atomic mass is 9.83. The topological polar surface area (TPSA) is 35.2 Å². The fraction of sp³-hybridized carbons (Fsp3) is 0.600. The first-order chi connectivity index (χ1) is 7.89. The zero-order valence-electron chi connectivity index (χ0n) is 11.3. The van der Waals surface area contributed by atoms with Crippen molar-refractivity contribution < 1.29 is 4.74 Å². The molecule has 0 bridgehead atoms. The van der Waals surface area contributed by atoms with Crippen molar-refractivity contribution in [1.29, 1.82) is 0 Å². The summed E-state index contributed by atoms with van der Waals surface area (Å²) in [6.07, 6.45) is 2.06. The van der Waals surface area contributed by atoms with Crippen LogP contribution in [0.3, 0.4) is 0 Å². The molecule has 17 heavy (non-hydrogen) atoms. The molecule has 1 aliphatic rings. The van der Waals surface area contributed by atoms with Crippen molar-refractivity contribution in [2.75, 3.05) is 6.61 Å². The number of ether oxygens (including phenoxy) is 1. The van der Waals surface area contributed by atoms with Crippen molar-refractivity contribution in [3.63, 3.8) is 0 Å². The summed E-state index contributed by atoms with van der Waals surface area (Å²) in [7, 11) is 0. The van der Waals surface area contributed by atoms with Crippen LogP contribution in [0.2, 0.25) is 0 Å². The molecule has 0 amide bonds. The molecule has 1 aromatic rings. The highest BCUT2D eigenvalue weighted by molar-refractivity contribution is 5.47. The number of aryl methyl sites for hydroxylation is 1. The number of rotatable bonds is 0. The lowest BCUT2D eigenvalue weighted by Gasteiger charge is -2.23. The van der Waals surface area contributed by atoms with Gasteiger partial charge in [-0.3, -0.25) is 0 Å². The Bertz CT molecular complexity index is 418. The second-order valence-corrected chi connectivity index (χ2v) is 6.06. The van der Waals surface area contributed by atoms with Crippen molar-refractivity contribution in [1.82, 2.24) is 0 Å². The average molecular weight is 233 g/mol. The van der Waals surface area contributed by atoms with Crippen LogP contribution in [-0.2, 0) is 5.41 Å². The molecule has 0 aliphatic carbocycles. The smallest absolute Gasteiger partial charge is 0.126 e. The Balaban J connectivity index is 2.54. The molecule has 1 heterocycles. The Labute approximate surface area is 104 Å². The van der Waals surface area contributed by atoms with Gasteiger partial charge in [-0.1, -0.05) is 26.8 Å². The maximum Gasteiger partial charge on any atom is 0.126 e. The van der Waals surface area contributed by atoms with Crippen LogP contribution in [0.25, 0.3) is 0 Å². The molecular formula is C15H23NO. The van der Waals surface area contributed by atoms with E-state index in [-0.39, 0.29) is 11.5 Å². The largest absolute Gasteiger partial charge is 0.493 e. The first-order valence-electron chi connectivity index (χ1n) is 6.43. The summed E-state index contributed by atoms with van der Waals surface area (Å²) < 4.78 is 5.84. The van der Waals surface area contributed by atoms with Crippen molar-refractivity contribution in [3.8, 4) is 5.75 Å². The summed E-state index contributed by atoms with van der Waals surface area (Å²) >= 11 is 0. The van der Waals surface area contributed by atoms with Crippen LogP contribution in [0.5, 0.6) is 5.75 Å². The first kappa shape index (κ1) is 12.4. The van der Waals surface area contributed by atoms with Crippen LogP contribution in [-0.4, -0.2) is 6.61 Å². The van der Waals surface area contributed by atoms with Crippen molar-refractivity contribution in [3.05, 3.63) is 28.8 Å².